The molecule has 0 fully saturated rings. The van der Waals surface area contributed by atoms with Gasteiger partial charge in [0.1, 0.15) is 10.7 Å². The van der Waals surface area contributed by atoms with Gasteiger partial charge < -0.3 is 4.90 Å². The van der Waals surface area contributed by atoms with Crippen LogP contribution in [0.25, 0.3) is 0 Å². The molecule has 0 aliphatic carbocycles. The standard InChI is InChI=1S/C9H11ClFNO2S/c1-12(2)6-7-3-4-8(11)9(5-7)15(10,13)14/h3-5H,6H2,1-2H3. The number of hydrogen-bond donors (Lipinski definition) is 0. The van der Waals surface area contributed by atoms with Crippen LogP contribution in [0.5, 0.6) is 0 Å². The van der Waals surface area contributed by atoms with Gasteiger partial charge in [0.25, 0.3) is 9.05 Å². The molecular formula is C9H11ClFNO2S. The Kier molecular flexibility index (Phi) is 3.70. The molecular weight excluding hydrogens is 241 g/mol. The Labute approximate surface area is 92.9 Å². The van der Waals surface area contributed by atoms with Crippen molar-refractivity contribution in [1.82, 2.24) is 4.90 Å². The second-order valence-corrected chi connectivity index (χ2v) is 5.97. The van der Waals surface area contributed by atoms with Crippen LogP contribution < -0.4 is 0 Å². The summed E-state index contributed by atoms with van der Waals surface area (Å²) >= 11 is 0. The topological polar surface area (TPSA) is 37.4 Å². The van der Waals surface area contributed by atoms with Gasteiger partial charge in [0.05, 0.1) is 0 Å². The maximum Gasteiger partial charge on any atom is 0.264 e. The number of nitrogens with zero attached hydrogens (tertiary/aromatic N) is 1. The van der Waals surface area contributed by atoms with Crippen LogP contribution in [0.3, 0.4) is 0 Å². The Balaban J connectivity index is 3.18. The summed E-state index contributed by atoms with van der Waals surface area (Å²) in [4.78, 5) is 1.38. The summed E-state index contributed by atoms with van der Waals surface area (Å²) in [7, 11) is 4.74. The Bertz CT molecular complexity index is 459. The fourth-order valence-corrected chi connectivity index (χ4v) is 2.15. The Hall–Kier alpha value is -0.650. The normalized spacial score (nSPS) is 12.1. The van der Waals surface area contributed by atoms with Gasteiger partial charge in [-0.2, -0.15) is 0 Å². The van der Waals surface area contributed by atoms with Gasteiger partial charge in [-0.1, -0.05) is 6.07 Å². The Morgan fingerprint density at radius 1 is 1.40 bits per heavy atom. The van der Waals surface area contributed by atoms with Crippen LogP contribution in [0, 0.1) is 5.82 Å². The second kappa shape index (κ2) is 4.47. The lowest BCUT2D eigenvalue weighted by molar-refractivity contribution is 0.401. The molecule has 3 nitrogen and oxygen atoms in total. The molecule has 0 saturated carbocycles. The number of rotatable bonds is 3. The number of hydrogen-bond acceptors (Lipinski definition) is 3. The molecule has 0 bridgehead atoms. The summed E-state index contributed by atoms with van der Waals surface area (Å²) in [5, 5.41) is 0. The lowest BCUT2D eigenvalue weighted by Gasteiger charge is -2.10. The fourth-order valence-electron chi connectivity index (χ4n) is 1.20. The van der Waals surface area contributed by atoms with Crippen molar-refractivity contribution >= 4 is 19.7 Å². The zero-order valence-electron chi connectivity index (χ0n) is 8.37. The van der Waals surface area contributed by atoms with Crippen LogP contribution in [0.2, 0.25) is 0 Å². The third-order valence-corrected chi connectivity index (χ3v) is 3.09. The number of halogens is 2. The van der Waals surface area contributed by atoms with E-state index >= 15 is 0 Å². The van der Waals surface area contributed by atoms with Crippen molar-refractivity contribution in [3.8, 4) is 0 Å². The highest BCUT2D eigenvalue weighted by molar-refractivity contribution is 8.13. The minimum atomic E-state index is -4.01. The molecule has 1 rings (SSSR count). The minimum absolute atomic E-state index is 0.469. The van der Waals surface area contributed by atoms with Crippen molar-refractivity contribution in [2.45, 2.75) is 11.4 Å². The van der Waals surface area contributed by atoms with E-state index in [1.165, 1.54) is 12.1 Å². The Morgan fingerprint density at radius 3 is 2.47 bits per heavy atom. The van der Waals surface area contributed by atoms with Crippen molar-refractivity contribution in [3.63, 3.8) is 0 Å². The molecule has 0 amide bonds. The fraction of sp³-hybridized carbons (Fsp3) is 0.333. The predicted molar refractivity (Wildman–Crippen MR) is 56.8 cm³/mol. The molecule has 1 aromatic carbocycles. The van der Waals surface area contributed by atoms with Crippen LogP contribution >= 0.6 is 10.7 Å². The summed E-state index contributed by atoms with van der Waals surface area (Å²) in [6.45, 7) is 0.527. The maximum atomic E-state index is 13.1. The predicted octanol–water partition coefficient (Wildman–Crippen LogP) is 1.81. The van der Waals surface area contributed by atoms with E-state index in [2.05, 4.69) is 0 Å². The van der Waals surface area contributed by atoms with Crippen LogP contribution in [0.1, 0.15) is 5.56 Å². The van der Waals surface area contributed by atoms with E-state index in [0.717, 1.165) is 6.07 Å². The molecule has 84 valence electrons. The zero-order chi connectivity index (χ0) is 11.6. The van der Waals surface area contributed by atoms with Gasteiger partial charge in [-0.15, -0.1) is 0 Å². The smallest absolute Gasteiger partial charge is 0.264 e. The third-order valence-electron chi connectivity index (χ3n) is 1.76. The van der Waals surface area contributed by atoms with Gasteiger partial charge in [0.2, 0.25) is 0 Å². The zero-order valence-corrected chi connectivity index (χ0v) is 9.94. The third kappa shape index (κ3) is 3.44. The van der Waals surface area contributed by atoms with Crippen molar-refractivity contribution < 1.29 is 12.8 Å². The Morgan fingerprint density at radius 2 is 2.00 bits per heavy atom. The molecule has 0 N–H and O–H groups in total. The molecule has 0 saturated heterocycles. The second-order valence-electron chi connectivity index (χ2n) is 3.44. The van der Waals surface area contributed by atoms with Gasteiger partial charge in [0, 0.05) is 17.2 Å². The highest BCUT2D eigenvalue weighted by Gasteiger charge is 2.16. The van der Waals surface area contributed by atoms with Crippen LogP contribution in [-0.4, -0.2) is 27.4 Å². The molecule has 0 atom stereocenters. The number of benzene rings is 1. The monoisotopic (exact) mass is 251 g/mol. The first-order valence-corrected chi connectivity index (χ1v) is 6.49. The first-order valence-electron chi connectivity index (χ1n) is 4.18. The summed E-state index contributed by atoms with van der Waals surface area (Å²) < 4.78 is 35.1. The average Bonchev–Trinajstić information content (AvgIpc) is 2.05. The quantitative estimate of drug-likeness (QED) is 0.769. The minimum Gasteiger partial charge on any atom is -0.305 e. The van der Waals surface area contributed by atoms with Gasteiger partial charge in [-0.05, 0) is 31.8 Å². The summed E-state index contributed by atoms with van der Waals surface area (Å²) in [6, 6.07) is 3.88. The molecule has 0 unspecified atom stereocenters. The molecule has 0 aromatic heterocycles. The molecule has 0 aliphatic heterocycles. The van der Waals surface area contributed by atoms with Crippen LogP contribution in [0.15, 0.2) is 23.1 Å². The largest absolute Gasteiger partial charge is 0.305 e. The van der Waals surface area contributed by atoms with E-state index in [9.17, 15) is 12.8 Å². The van der Waals surface area contributed by atoms with E-state index in [4.69, 9.17) is 10.7 Å². The lowest BCUT2D eigenvalue weighted by atomic mass is 10.2. The van der Waals surface area contributed by atoms with Gasteiger partial charge in [-0.25, -0.2) is 12.8 Å². The molecule has 0 heterocycles. The van der Waals surface area contributed by atoms with Crippen molar-refractivity contribution in [2.75, 3.05) is 14.1 Å². The van der Waals surface area contributed by atoms with Crippen molar-refractivity contribution in [2.24, 2.45) is 0 Å². The van der Waals surface area contributed by atoms with E-state index in [0.29, 0.717) is 12.1 Å². The molecule has 6 heteroatoms. The average molecular weight is 252 g/mol. The SMILES string of the molecule is CN(C)Cc1ccc(F)c(S(=O)(=O)Cl)c1. The summed E-state index contributed by atoms with van der Waals surface area (Å²) in [6.07, 6.45) is 0. The first-order chi connectivity index (χ1) is 6.80. The van der Waals surface area contributed by atoms with Crippen molar-refractivity contribution in [1.29, 1.82) is 0 Å². The van der Waals surface area contributed by atoms with Gasteiger partial charge >= 0.3 is 0 Å². The molecule has 1 aromatic rings. The van der Waals surface area contributed by atoms with Crippen molar-refractivity contribution in [3.05, 3.63) is 29.6 Å². The van der Waals surface area contributed by atoms with Crippen LogP contribution in [0.4, 0.5) is 4.39 Å². The molecule has 0 aliphatic rings. The maximum absolute atomic E-state index is 13.1. The van der Waals surface area contributed by atoms with E-state index in [-0.39, 0.29) is 0 Å². The highest BCUT2D eigenvalue weighted by Crippen LogP contribution is 2.20. The van der Waals surface area contributed by atoms with E-state index < -0.39 is 19.8 Å². The summed E-state index contributed by atoms with van der Waals surface area (Å²) in [5.74, 6) is -0.826. The molecule has 0 radical (unpaired) electrons. The van der Waals surface area contributed by atoms with E-state index in [1.807, 2.05) is 19.0 Å². The molecule has 0 spiro atoms. The van der Waals surface area contributed by atoms with Gasteiger partial charge in [0.15, 0.2) is 0 Å². The molecule has 15 heavy (non-hydrogen) atoms. The summed E-state index contributed by atoms with van der Waals surface area (Å²) in [5.41, 5.74) is 0.695. The van der Waals surface area contributed by atoms with Crippen LogP contribution in [-0.2, 0) is 15.6 Å². The van der Waals surface area contributed by atoms with Gasteiger partial charge in [-0.3, -0.25) is 0 Å². The van der Waals surface area contributed by atoms with E-state index in [1.54, 1.807) is 0 Å². The first kappa shape index (κ1) is 12.4. The highest BCUT2D eigenvalue weighted by atomic mass is 35.7. The lowest BCUT2D eigenvalue weighted by Crippen LogP contribution is -2.11.